The number of urea groups is 1. The number of aliphatic hydroxyl groups excluding tert-OH is 1. The molecule has 3 amide bonds. The van der Waals surface area contributed by atoms with Crippen LogP contribution < -0.4 is 16.0 Å². The minimum absolute atomic E-state index is 0.328. The van der Waals surface area contributed by atoms with E-state index in [2.05, 4.69) is 16.0 Å². The first-order valence-electron chi connectivity index (χ1n) is 5.61. The Morgan fingerprint density at radius 3 is 2.33 bits per heavy atom. The van der Waals surface area contributed by atoms with Gasteiger partial charge in [-0.25, -0.2) is 9.59 Å². The maximum Gasteiger partial charge on any atom is 0.334 e. The second-order valence-electron chi connectivity index (χ2n) is 3.72. The van der Waals surface area contributed by atoms with Crippen LogP contribution in [0.4, 0.5) is 4.79 Å². The van der Waals surface area contributed by atoms with Crippen LogP contribution in [0.1, 0.15) is 20.3 Å². The van der Waals surface area contributed by atoms with Crippen LogP contribution in [0.15, 0.2) is 0 Å². The van der Waals surface area contributed by atoms with E-state index < -0.39 is 30.7 Å². The van der Waals surface area contributed by atoms with Crippen LogP contribution in [-0.4, -0.2) is 53.4 Å². The maximum absolute atomic E-state index is 11.4. The molecule has 0 spiro atoms. The average Bonchev–Trinajstić information content (AvgIpc) is 2.32. The summed E-state index contributed by atoms with van der Waals surface area (Å²) in [5.74, 6) is -1.75. The summed E-state index contributed by atoms with van der Waals surface area (Å²) in [4.78, 5) is 32.9. The molecule has 0 aliphatic heterocycles. The predicted molar refractivity (Wildman–Crippen MR) is 62.9 cm³/mol. The third kappa shape index (κ3) is 6.69. The van der Waals surface area contributed by atoms with Crippen molar-refractivity contribution in [3.8, 4) is 0 Å². The van der Waals surface area contributed by atoms with Gasteiger partial charge in [0.05, 0.1) is 6.54 Å². The molecular formula is C10H19N3O5. The number of carboxylic acids is 1. The standard InChI is InChI=1S/C10H19N3O5/c1-3-4-11-8(15)6(2)13-10(18)12-5-7(14)9(16)17/h6-7,14H,3-5H2,1-2H3,(H,11,15)(H,16,17)(H2,12,13,18). The summed E-state index contributed by atoms with van der Waals surface area (Å²) in [5, 5.41) is 24.3. The average molecular weight is 261 g/mol. The van der Waals surface area contributed by atoms with Crippen molar-refractivity contribution in [3.05, 3.63) is 0 Å². The number of carboxylic acid groups (broad SMARTS) is 1. The number of amides is 3. The summed E-state index contributed by atoms with van der Waals surface area (Å²) >= 11 is 0. The number of carbonyl (C=O) groups excluding carboxylic acids is 2. The third-order valence-electron chi connectivity index (χ3n) is 2.03. The molecule has 0 heterocycles. The van der Waals surface area contributed by atoms with Gasteiger partial charge in [-0.3, -0.25) is 4.79 Å². The highest BCUT2D eigenvalue weighted by molar-refractivity contribution is 5.86. The number of hydrogen-bond donors (Lipinski definition) is 5. The monoisotopic (exact) mass is 261 g/mol. The Bertz CT molecular complexity index is 308. The normalized spacial score (nSPS) is 13.3. The second kappa shape index (κ2) is 8.29. The van der Waals surface area contributed by atoms with Crippen LogP contribution in [0.25, 0.3) is 0 Å². The van der Waals surface area contributed by atoms with Gasteiger partial charge in [0.25, 0.3) is 0 Å². The number of carbonyl (C=O) groups is 3. The first-order chi connectivity index (χ1) is 8.38. The van der Waals surface area contributed by atoms with Crippen molar-refractivity contribution in [1.29, 1.82) is 0 Å². The van der Waals surface area contributed by atoms with Crippen LogP contribution in [0.5, 0.6) is 0 Å². The third-order valence-corrected chi connectivity index (χ3v) is 2.03. The van der Waals surface area contributed by atoms with Crippen molar-refractivity contribution in [2.24, 2.45) is 0 Å². The van der Waals surface area contributed by atoms with Crippen molar-refractivity contribution < 1.29 is 24.6 Å². The zero-order chi connectivity index (χ0) is 14.1. The van der Waals surface area contributed by atoms with Crippen LogP contribution in [0.2, 0.25) is 0 Å². The van der Waals surface area contributed by atoms with Gasteiger partial charge in [0, 0.05) is 6.54 Å². The highest BCUT2D eigenvalue weighted by Crippen LogP contribution is 1.84. The topological polar surface area (TPSA) is 128 Å². The van der Waals surface area contributed by atoms with Crippen molar-refractivity contribution in [1.82, 2.24) is 16.0 Å². The van der Waals surface area contributed by atoms with E-state index in [9.17, 15) is 14.4 Å². The van der Waals surface area contributed by atoms with Crippen molar-refractivity contribution in [2.75, 3.05) is 13.1 Å². The lowest BCUT2D eigenvalue weighted by Crippen LogP contribution is -2.50. The second-order valence-corrected chi connectivity index (χ2v) is 3.72. The number of aliphatic hydroxyl groups is 1. The molecule has 0 bridgehead atoms. The minimum Gasteiger partial charge on any atom is -0.479 e. The SMILES string of the molecule is CCCNC(=O)C(C)NC(=O)NCC(O)C(=O)O. The summed E-state index contributed by atoms with van der Waals surface area (Å²) in [5.41, 5.74) is 0. The number of aliphatic carboxylic acids is 1. The molecule has 104 valence electrons. The zero-order valence-electron chi connectivity index (χ0n) is 10.4. The molecular weight excluding hydrogens is 242 g/mol. The molecule has 2 unspecified atom stereocenters. The van der Waals surface area contributed by atoms with Gasteiger partial charge in [-0.05, 0) is 13.3 Å². The molecule has 0 saturated heterocycles. The minimum atomic E-state index is -1.67. The largest absolute Gasteiger partial charge is 0.479 e. The molecule has 0 fully saturated rings. The zero-order valence-corrected chi connectivity index (χ0v) is 10.4. The quantitative estimate of drug-likeness (QED) is 0.387. The van der Waals surface area contributed by atoms with Crippen molar-refractivity contribution >= 4 is 17.9 Å². The van der Waals surface area contributed by atoms with Crippen molar-refractivity contribution in [2.45, 2.75) is 32.4 Å². The Labute approximate surface area is 105 Å². The summed E-state index contributed by atoms with van der Waals surface area (Å²) in [6.45, 7) is 3.49. The lowest BCUT2D eigenvalue weighted by Gasteiger charge is -2.15. The lowest BCUT2D eigenvalue weighted by atomic mass is 10.3. The fraction of sp³-hybridized carbons (Fsp3) is 0.700. The summed E-state index contributed by atoms with van der Waals surface area (Å²) in [6.07, 6.45) is -0.880. The predicted octanol–water partition coefficient (Wildman–Crippen LogP) is -1.35. The molecule has 8 nitrogen and oxygen atoms in total. The summed E-state index contributed by atoms with van der Waals surface area (Å²) in [7, 11) is 0. The molecule has 0 aliphatic rings. The van der Waals surface area contributed by atoms with Gasteiger partial charge in [-0.1, -0.05) is 6.92 Å². The molecule has 0 aliphatic carbocycles. The Balaban J connectivity index is 3.93. The molecule has 0 aromatic heterocycles. The van der Waals surface area contributed by atoms with Gasteiger partial charge in [-0.15, -0.1) is 0 Å². The number of nitrogens with one attached hydrogen (secondary N) is 3. The van der Waals surface area contributed by atoms with E-state index in [1.807, 2.05) is 6.92 Å². The van der Waals surface area contributed by atoms with Crippen molar-refractivity contribution in [3.63, 3.8) is 0 Å². The molecule has 0 aromatic rings. The van der Waals surface area contributed by atoms with E-state index in [0.717, 1.165) is 6.42 Å². The fourth-order valence-corrected chi connectivity index (χ4v) is 0.991. The van der Waals surface area contributed by atoms with Crippen LogP contribution in [-0.2, 0) is 9.59 Å². The molecule has 18 heavy (non-hydrogen) atoms. The smallest absolute Gasteiger partial charge is 0.334 e. The maximum atomic E-state index is 11.4. The lowest BCUT2D eigenvalue weighted by molar-refractivity contribution is -0.146. The number of rotatable bonds is 7. The van der Waals surface area contributed by atoms with Crippen LogP contribution >= 0.6 is 0 Å². The molecule has 8 heteroatoms. The Morgan fingerprint density at radius 1 is 1.22 bits per heavy atom. The molecule has 2 atom stereocenters. The molecule has 0 aromatic carbocycles. The van der Waals surface area contributed by atoms with E-state index in [4.69, 9.17) is 10.2 Å². The summed E-state index contributed by atoms with van der Waals surface area (Å²) < 4.78 is 0. The van der Waals surface area contributed by atoms with Gasteiger partial charge in [0.15, 0.2) is 6.10 Å². The first kappa shape index (κ1) is 16.2. The Kier molecular flexibility index (Phi) is 7.45. The highest BCUT2D eigenvalue weighted by atomic mass is 16.4. The van der Waals surface area contributed by atoms with E-state index in [-0.39, 0.29) is 5.91 Å². The summed E-state index contributed by atoms with van der Waals surface area (Å²) in [6, 6.07) is -1.45. The highest BCUT2D eigenvalue weighted by Gasteiger charge is 2.17. The van der Waals surface area contributed by atoms with Gasteiger partial charge >= 0.3 is 12.0 Å². The van der Waals surface area contributed by atoms with Crippen LogP contribution in [0.3, 0.4) is 0 Å². The van der Waals surface area contributed by atoms with E-state index in [1.54, 1.807) is 0 Å². The Hall–Kier alpha value is -1.83. The van der Waals surface area contributed by atoms with Gasteiger partial charge in [0.1, 0.15) is 6.04 Å². The fourth-order valence-electron chi connectivity index (χ4n) is 0.991. The van der Waals surface area contributed by atoms with Gasteiger partial charge < -0.3 is 26.2 Å². The van der Waals surface area contributed by atoms with E-state index >= 15 is 0 Å². The molecule has 5 N–H and O–H groups in total. The molecule has 0 radical (unpaired) electrons. The van der Waals surface area contributed by atoms with Gasteiger partial charge in [0.2, 0.25) is 5.91 Å². The molecule has 0 rings (SSSR count). The van der Waals surface area contributed by atoms with Gasteiger partial charge in [-0.2, -0.15) is 0 Å². The Morgan fingerprint density at radius 2 is 1.83 bits per heavy atom. The first-order valence-corrected chi connectivity index (χ1v) is 5.61. The van der Waals surface area contributed by atoms with E-state index in [0.29, 0.717) is 6.54 Å². The number of hydrogen-bond acceptors (Lipinski definition) is 4. The van der Waals surface area contributed by atoms with Crippen LogP contribution in [0, 0.1) is 0 Å². The van der Waals surface area contributed by atoms with E-state index in [1.165, 1.54) is 6.92 Å². The molecule has 0 saturated carbocycles.